The normalized spacial score (nSPS) is 17.6. The highest BCUT2D eigenvalue weighted by atomic mass is 35.5. The molecule has 0 saturated carbocycles. The van der Waals surface area contributed by atoms with E-state index >= 15 is 0 Å². The highest BCUT2D eigenvalue weighted by molar-refractivity contribution is 7.22. The number of fused-ring (bicyclic) bond motifs is 2. The van der Waals surface area contributed by atoms with Gasteiger partial charge in [-0.25, -0.2) is 4.98 Å². The highest BCUT2D eigenvalue weighted by Gasteiger charge is 2.22. The predicted molar refractivity (Wildman–Crippen MR) is 92.1 cm³/mol. The number of nitrogens with one attached hydrogen (secondary N) is 2. The lowest BCUT2D eigenvalue weighted by atomic mass is 9.97. The summed E-state index contributed by atoms with van der Waals surface area (Å²) in [6, 6.07) is 3.81. The monoisotopic (exact) mass is 355 g/mol. The van der Waals surface area contributed by atoms with Crippen molar-refractivity contribution in [2.45, 2.75) is 12.8 Å². The van der Waals surface area contributed by atoms with Gasteiger partial charge in [-0.1, -0.05) is 11.3 Å². The summed E-state index contributed by atoms with van der Waals surface area (Å²) in [6.45, 7) is 2.93. The molecule has 0 unspecified atom stereocenters. The summed E-state index contributed by atoms with van der Waals surface area (Å²) < 4.78 is 12.1. The first kappa shape index (κ1) is 16.3. The maximum absolute atomic E-state index is 12.3. The quantitative estimate of drug-likeness (QED) is 0.865. The standard InChI is InChI=1S/C15H17N3O3S.ClH/c19-14(9-1-3-16-4-2-9)18-15-17-10-7-11-12(8-13(10)22-15)21-6-5-20-11;/h7-9,16H,1-6H2,(H,17,18,19);1H. The number of amides is 1. The van der Waals surface area contributed by atoms with Gasteiger partial charge in [-0.3, -0.25) is 4.79 Å². The molecule has 124 valence electrons. The van der Waals surface area contributed by atoms with E-state index < -0.39 is 0 Å². The van der Waals surface area contributed by atoms with Crippen LogP contribution in [-0.2, 0) is 4.79 Å². The molecule has 0 spiro atoms. The number of hydrogen-bond acceptors (Lipinski definition) is 6. The van der Waals surface area contributed by atoms with Gasteiger partial charge in [0.1, 0.15) is 13.2 Å². The van der Waals surface area contributed by atoms with Crippen LogP contribution in [0.3, 0.4) is 0 Å². The Kier molecular flexibility index (Phi) is 4.89. The molecule has 4 rings (SSSR count). The Bertz CT molecular complexity index is 672. The zero-order valence-electron chi connectivity index (χ0n) is 12.5. The molecule has 1 aromatic carbocycles. The molecule has 1 aromatic heterocycles. The van der Waals surface area contributed by atoms with Gasteiger partial charge in [-0.05, 0) is 25.9 Å². The van der Waals surface area contributed by atoms with Crippen LogP contribution in [0.4, 0.5) is 5.13 Å². The molecule has 2 aliphatic rings. The van der Waals surface area contributed by atoms with E-state index in [1.807, 2.05) is 12.1 Å². The van der Waals surface area contributed by atoms with Gasteiger partial charge in [-0.2, -0.15) is 0 Å². The minimum absolute atomic E-state index is 0. The number of thiazole rings is 1. The number of ether oxygens (including phenoxy) is 2. The Morgan fingerprint density at radius 3 is 2.65 bits per heavy atom. The lowest BCUT2D eigenvalue weighted by molar-refractivity contribution is -0.120. The Labute approximate surface area is 144 Å². The predicted octanol–water partition coefficient (Wildman–Crippen LogP) is 2.43. The topological polar surface area (TPSA) is 72.5 Å². The maximum atomic E-state index is 12.3. The summed E-state index contributed by atoms with van der Waals surface area (Å²) in [6.07, 6.45) is 1.76. The van der Waals surface area contributed by atoms with Crippen LogP contribution in [0.1, 0.15) is 12.8 Å². The first-order valence-corrected chi connectivity index (χ1v) is 8.33. The van der Waals surface area contributed by atoms with E-state index in [1.165, 1.54) is 11.3 Å². The second-order valence-electron chi connectivity index (χ2n) is 5.50. The van der Waals surface area contributed by atoms with E-state index in [0.29, 0.717) is 18.3 Å². The molecule has 0 bridgehead atoms. The molecule has 23 heavy (non-hydrogen) atoms. The van der Waals surface area contributed by atoms with Crippen LogP contribution in [-0.4, -0.2) is 37.2 Å². The molecular formula is C15H18ClN3O3S. The summed E-state index contributed by atoms with van der Waals surface area (Å²) in [5.41, 5.74) is 0.829. The van der Waals surface area contributed by atoms with Crippen molar-refractivity contribution in [3.05, 3.63) is 12.1 Å². The van der Waals surface area contributed by atoms with Gasteiger partial charge < -0.3 is 20.1 Å². The van der Waals surface area contributed by atoms with Crippen molar-refractivity contribution in [3.63, 3.8) is 0 Å². The molecule has 1 saturated heterocycles. The van der Waals surface area contributed by atoms with Crippen LogP contribution < -0.4 is 20.1 Å². The SMILES string of the molecule is Cl.O=C(Nc1nc2cc3c(cc2s1)OCCO3)C1CCNCC1. The largest absolute Gasteiger partial charge is 0.486 e. The van der Waals surface area contributed by atoms with E-state index in [2.05, 4.69) is 15.6 Å². The smallest absolute Gasteiger partial charge is 0.229 e. The lowest BCUT2D eigenvalue weighted by Gasteiger charge is -2.20. The third kappa shape index (κ3) is 3.36. The molecule has 0 atom stereocenters. The van der Waals surface area contributed by atoms with Crippen molar-refractivity contribution in [1.82, 2.24) is 10.3 Å². The number of aromatic nitrogens is 1. The number of anilines is 1. The molecule has 2 aromatic rings. The third-order valence-corrected chi connectivity index (χ3v) is 4.93. The molecule has 8 heteroatoms. The Morgan fingerprint density at radius 2 is 1.91 bits per heavy atom. The van der Waals surface area contributed by atoms with Crippen molar-refractivity contribution in [2.75, 3.05) is 31.6 Å². The number of hydrogen-bond donors (Lipinski definition) is 2. The van der Waals surface area contributed by atoms with Crippen LogP contribution in [0.5, 0.6) is 11.5 Å². The fraction of sp³-hybridized carbons (Fsp3) is 0.467. The lowest BCUT2D eigenvalue weighted by Crippen LogP contribution is -2.34. The maximum Gasteiger partial charge on any atom is 0.229 e. The van der Waals surface area contributed by atoms with Gasteiger partial charge in [0.25, 0.3) is 0 Å². The van der Waals surface area contributed by atoms with Crippen molar-refractivity contribution >= 4 is 45.0 Å². The highest BCUT2D eigenvalue weighted by Crippen LogP contribution is 2.37. The van der Waals surface area contributed by atoms with Gasteiger partial charge in [0.15, 0.2) is 16.6 Å². The molecule has 3 heterocycles. The van der Waals surface area contributed by atoms with Gasteiger partial charge in [0, 0.05) is 18.1 Å². The summed E-state index contributed by atoms with van der Waals surface area (Å²) in [5, 5.41) is 6.86. The Hall–Kier alpha value is -1.57. The molecule has 1 amide bonds. The van der Waals surface area contributed by atoms with E-state index in [-0.39, 0.29) is 24.2 Å². The molecule has 0 radical (unpaired) electrons. The number of nitrogens with zero attached hydrogens (tertiary/aromatic N) is 1. The molecule has 6 nitrogen and oxygen atoms in total. The van der Waals surface area contributed by atoms with Gasteiger partial charge in [-0.15, -0.1) is 12.4 Å². The number of piperidine rings is 1. The van der Waals surface area contributed by atoms with Crippen molar-refractivity contribution in [1.29, 1.82) is 0 Å². The second kappa shape index (κ2) is 6.90. The first-order chi connectivity index (χ1) is 10.8. The van der Waals surface area contributed by atoms with Gasteiger partial charge >= 0.3 is 0 Å². The Balaban J connectivity index is 0.00000156. The van der Waals surface area contributed by atoms with E-state index in [9.17, 15) is 4.79 Å². The van der Waals surface area contributed by atoms with Crippen molar-refractivity contribution in [2.24, 2.45) is 5.92 Å². The van der Waals surface area contributed by atoms with Crippen LogP contribution in [0.25, 0.3) is 10.2 Å². The fourth-order valence-electron chi connectivity index (χ4n) is 2.81. The molecule has 2 aliphatic heterocycles. The van der Waals surface area contributed by atoms with Gasteiger partial charge in [0.05, 0.1) is 10.2 Å². The van der Waals surface area contributed by atoms with E-state index in [4.69, 9.17) is 9.47 Å². The fourth-order valence-corrected chi connectivity index (χ4v) is 3.69. The van der Waals surface area contributed by atoms with Crippen molar-refractivity contribution in [3.8, 4) is 11.5 Å². The summed E-state index contributed by atoms with van der Waals surface area (Å²) >= 11 is 1.47. The van der Waals surface area contributed by atoms with Gasteiger partial charge in [0.2, 0.25) is 5.91 Å². The van der Waals surface area contributed by atoms with Crippen LogP contribution in [0.15, 0.2) is 12.1 Å². The average Bonchev–Trinajstić information content (AvgIpc) is 2.94. The average molecular weight is 356 g/mol. The molecule has 0 aliphatic carbocycles. The number of benzene rings is 1. The van der Waals surface area contributed by atoms with Crippen molar-refractivity contribution < 1.29 is 14.3 Å². The van der Waals surface area contributed by atoms with E-state index in [0.717, 1.165) is 47.6 Å². The first-order valence-electron chi connectivity index (χ1n) is 7.51. The summed E-state index contributed by atoms with van der Waals surface area (Å²) in [7, 11) is 0. The Morgan fingerprint density at radius 1 is 1.22 bits per heavy atom. The van der Waals surface area contributed by atoms with Crippen LogP contribution in [0.2, 0.25) is 0 Å². The zero-order valence-corrected chi connectivity index (χ0v) is 14.1. The molecule has 2 N–H and O–H groups in total. The number of halogens is 1. The number of rotatable bonds is 2. The minimum atomic E-state index is 0. The third-order valence-electron chi connectivity index (χ3n) is 3.99. The number of carbonyl (C=O) groups is 1. The van der Waals surface area contributed by atoms with Crippen LogP contribution >= 0.6 is 23.7 Å². The zero-order chi connectivity index (χ0) is 14.9. The van der Waals surface area contributed by atoms with Crippen LogP contribution in [0, 0.1) is 5.92 Å². The summed E-state index contributed by atoms with van der Waals surface area (Å²) in [4.78, 5) is 16.8. The summed E-state index contributed by atoms with van der Waals surface area (Å²) in [5.74, 6) is 1.62. The second-order valence-corrected chi connectivity index (χ2v) is 6.53. The molecule has 1 fully saturated rings. The molecular weight excluding hydrogens is 338 g/mol. The number of carbonyl (C=O) groups excluding carboxylic acids is 1. The van der Waals surface area contributed by atoms with E-state index in [1.54, 1.807) is 0 Å². The minimum Gasteiger partial charge on any atom is -0.486 e.